The largest absolute Gasteiger partial charge is 0.383 e. The van der Waals surface area contributed by atoms with Crippen molar-refractivity contribution < 1.29 is 0 Å². The number of hydrogen-bond donors (Lipinski definition) is 1. The molecule has 0 amide bonds. The number of halogens is 1. The fourth-order valence-electron chi connectivity index (χ4n) is 1.76. The van der Waals surface area contributed by atoms with Crippen LogP contribution in [0.15, 0.2) is 35.1 Å². The van der Waals surface area contributed by atoms with E-state index in [2.05, 4.69) is 27.8 Å². The van der Waals surface area contributed by atoms with Gasteiger partial charge in [-0.1, -0.05) is 47.5 Å². The SMILES string of the molecule is CCCCn1cnc(-c2ccccc2Br)c1N. The molecular formula is C13H16BrN3. The van der Waals surface area contributed by atoms with Gasteiger partial charge >= 0.3 is 0 Å². The highest BCUT2D eigenvalue weighted by molar-refractivity contribution is 9.10. The number of hydrogen-bond acceptors (Lipinski definition) is 2. The topological polar surface area (TPSA) is 43.8 Å². The maximum atomic E-state index is 6.12. The third-order valence-corrected chi connectivity index (χ3v) is 3.45. The number of imidazole rings is 1. The van der Waals surface area contributed by atoms with E-state index in [1.807, 2.05) is 35.2 Å². The van der Waals surface area contributed by atoms with Crippen molar-refractivity contribution in [2.45, 2.75) is 26.3 Å². The molecule has 0 saturated heterocycles. The van der Waals surface area contributed by atoms with Gasteiger partial charge in [-0.05, 0) is 12.5 Å². The molecule has 2 rings (SSSR count). The zero-order chi connectivity index (χ0) is 12.3. The normalized spacial score (nSPS) is 10.7. The molecule has 3 nitrogen and oxygen atoms in total. The smallest absolute Gasteiger partial charge is 0.131 e. The summed E-state index contributed by atoms with van der Waals surface area (Å²) in [5, 5.41) is 0. The molecule has 0 atom stereocenters. The first-order valence-electron chi connectivity index (χ1n) is 5.79. The second-order valence-electron chi connectivity index (χ2n) is 4.01. The van der Waals surface area contributed by atoms with Crippen LogP contribution < -0.4 is 5.73 Å². The molecule has 17 heavy (non-hydrogen) atoms. The molecule has 2 aromatic rings. The average molecular weight is 294 g/mol. The Hall–Kier alpha value is -1.29. The molecule has 0 aliphatic carbocycles. The second kappa shape index (κ2) is 5.36. The summed E-state index contributed by atoms with van der Waals surface area (Å²) in [5.41, 5.74) is 8.02. The first-order chi connectivity index (χ1) is 8.24. The van der Waals surface area contributed by atoms with Crippen LogP contribution in [0.3, 0.4) is 0 Å². The van der Waals surface area contributed by atoms with Crippen LogP contribution >= 0.6 is 15.9 Å². The van der Waals surface area contributed by atoms with Gasteiger partial charge in [0.05, 0.1) is 6.33 Å². The Kier molecular flexibility index (Phi) is 3.84. The molecule has 1 heterocycles. The summed E-state index contributed by atoms with van der Waals surface area (Å²) in [6, 6.07) is 8.00. The van der Waals surface area contributed by atoms with Crippen molar-refractivity contribution in [3.8, 4) is 11.3 Å². The van der Waals surface area contributed by atoms with Gasteiger partial charge in [0.25, 0.3) is 0 Å². The summed E-state index contributed by atoms with van der Waals surface area (Å²) in [4.78, 5) is 4.41. The lowest BCUT2D eigenvalue weighted by Crippen LogP contribution is -2.02. The van der Waals surface area contributed by atoms with Crippen molar-refractivity contribution in [2.75, 3.05) is 5.73 Å². The molecular weight excluding hydrogens is 278 g/mol. The van der Waals surface area contributed by atoms with E-state index in [1.54, 1.807) is 0 Å². The number of nitrogens with zero attached hydrogens (tertiary/aromatic N) is 2. The van der Waals surface area contributed by atoms with Gasteiger partial charge < -0.3 is 10.3 Å². The molecule has 0 unspecified atom stereocenters. The van der Waals surface area contributed by atoms with Crippen molar-refractivity contribution in [3.05, 3.63) is 35.1 Å². The molecule has 4 heteroatoms. The molecule has 0 aliphatic rings. The van der Waals surface area contributed by atoms with Crippen molar-refractivity contribution in [3.63, 3.8) is 0 Å². The second-order valence-corrected chi connectivity index (χ2v) is 4.86. The number of nitrogen functional groups attached to an aromatic ring is 1. The van der Waals surface area contributed by atoms with Crippen molar-refractivity contribution >= 4 is 21.7 Å². The quantitative estimate of drug-likeness (QED) is 0.934. The van der Waals surface area contributed by atoms with Crippen LogP contribution in [-0.2, 0) is 6.54 Å². The third-order valence-electron chi connectivity index (χ3n) is 2.76. The lowest BCUT2D eigenvalue weighted by Gasteiger charge is -2.05. The Balaban J connectivity index is 2.34. The number of unbranched alkanes of at least 4 members (excludes halogenated alkanes) is 1. The number of benzene rings is 1. The van der Waals surface area contributed by atoms with E-state index in [4.69, 9.17) is 5.73 Å². The van der Waals surface area contributed by atoms with Crippen LogP contribution in [0.5, 0.6) is 0 Å². The van der Waals surface area contributed by atoms with Crippen LogP contribution in [0.1, 0.15) is 19.8 Å². The highest BCUT2D eigenvalue weighted by Crippen LogP contribution is 2.30. The highest BCUT2D eigenvalue weighted by Gasteiger charge is 2.11. The number of anilines is 1. The minimum absolute atomic E-state index is 0.741. The van der Waals surface area contributed by atoms with E-state index >= 15 is 0 Å². The summed E-state index contributed by atoms with van der Waals surface area (Å²) in [6.45, 7) is 3.10. The molecule has 0 aliphatic heterocycles. The monoisotopic (exact) mass is 293 g/mol. The van der Waals surface area contributed by atoms with Gasteiger partial charge in [0, 0.05) is 16.6 Å². The molecule has 0 fully saturated rings. The highest BCUT2D eigenvalue weighted by atomic mass is 79.9. The number of nitrogens with two attached hydrogens (primary N) is 1. The molecule has 0 saturated carbocycles. The lowest BCUT2D eigenvalue weighted by molar-refractivity contribution is 0.637. The fourth-order valence-corrected chi connectivity index (χ4v) is 2.23. The van der Waals surface area contributed by atoms with Crippen LogP contribution in [0.2, 0.25) is 0 Å². The predicted octanol–water partition coefficient (Wildman–Crippen LogP) is 3.69. The maximum absolute atomic E-state index is 6.12. The van der Waals surface area contributed by atoms with Gasteiger partial charge in [-0.15, -0.1) is 0 Å². The summed E-state index contributed by atoms with van der Waals surface area (Å²) < 4.78 is 3.03. The van der Waals surface area contributed by atoms with Crippen molar-refractivity contribution in [1.29, 1.82) is 0 Å². The van der Waals surface area contributed by atoms with E-state index in [1.165, 1.54) is 0 Å². The minimum atomic E-state index is 0.741. The van der Waals surface area contributed by atoms with Crippen LogP contribution in [0.25, 0.3) is 11.3 Å². The Morgan fingerprint density at radius 3 is 2.82 bits per heavy atom. The van der Waals surface area contributed by atoms with E-state index in [-0.39, 0.29) is 0 Å². The molecule has 2 N–H and O–H groups in total. The van der Waals surface area contributed by atoms with Gasteiger partial charge in [-0.2, -0.15) is 0 Å². The van der Waals surface area contributed by atoms with Gasteiger partial charge in [0.1, 0.15) is 11.5 Å². The van der Waals surface area contributed by atoms with E-state index in [0.717, 1.165) is 40.9 Å². The van der Waals surface area contributed by atoms with Crippen molar-refractivity contribution in [2.24, 2.45) is 0 Å². The summed E-state index contributed by atoms with van der Waals surface area (Å²) >= 11 is 3.52. The molecule has 0 radical (unpaired) electrons. The Bertz CT molecular complexity index is 505. The summed E-state index contributed by atoms with van der Waals surface area (Å²) in [6.07, 6.45) is 4.09. The van der Waals surface area contributed by atoms with E-state index < -0.39 is 0 Å². The molecule has 0 spiro atoms. The lowest BCUT2D eigenvalue weighted by atomic mass is 10.1. The molecule has 90 valence electrons. The Morgan fingerprint density at radius 1 is 1.35 bits per heavy atom. The van der Waals surface area contributed by atoms with Crippen LogP contribution in [0, 0.1) is 0 Å². The van der Waals surface area contributed by atoms with E-state index in [9.17, 15) is 0 Å². The Labute approximate surface area is 110 Å². The summed E-state index contributed by atoms with van der Waals surface area (Å²) in [7, 11) is 0. The van der Waals surface area contributed by atoms with E-state index in [0.29, 0.717) is 0 Å². The van der Waals surface area contributed by atoms with Crippen LogP contribution in [0.4, 0.5) is 5.82 Å². The predicted molar refractivity (Wildman–Crippen MR) is 74.7 cm³/mol. The third kappa shape index (κ3) is 2.52. The standard InChI is InChI=1S/C13H16BrN3/c1-2-3-8-17-9-16-12(13(17)15)10-6-4-5-7-11(10)14/h4-7,9H,2-3,8,15H2,1H3. The molecule has 0 bridgehead atoms. The van der Waals surface area contributed by atoms with Gasteiger partial charge in [0.2, 0.25) is 0 Å². The first-order valence-corrected chi connectivity index (χ1v) is 6.58. The van der Waals surface area contributed by atoms with Crippen molar-refractivity contribution in [1.82, 2.24) is 9.55 Å². The average Bonchev–Trinajstić information content (AvgIpc) is 2.69. The zero-order valence-electron chi connectivity index (χ0n) is 9.86. The number of aromatic nitrogens is 2. The maximum Gasteiger partial charge on any atom is 0.131 e. The summed E-state index contributed by atoms with van der Waals surface area (Å²) in [5.74, 6) is 0.741. The number of rotatable bonds is 4. The first kappa shape index (κ1) is 12.2. The molecule has 1 aromatic heterocycles. The van der Waals surface area contributed by atoms with Crippen LogP contribution in [-0.4, -0.2) is 9.55 Å². The van der Waals surface area contributed by atoms with Gasteiger partial charge in [0.15, 0.2) is 0 Å². The van der Waals surface area contributed by atoms with Gasteiger partial charge in [-0.3, -0.25) is 0 Å². The van der Waals surface area contributed by atoms with Gasteiger partial charge in [-0.25, -0.2) is 4.98 Å². The zero-order valence-corrected chi connectivity index (χ0v) is 11.4. The number of aryl methyl sites for hydroxylation is 1. The minimum Gasteiger partial charge on any atom is -0.383 e. The Morgan fingerprint density at radius 2 is 2.12 bits per heavy atom. The fraction of sp³-hybridized carbons (Fsp3) is 0.308. The molecule has 1 aromatic carbocycles.